The van der Waals surface area contributed by atoms with Crippen LogP contribution in [0.5, 0.6) is 0 Å². The van der Waals surface area contributed by atoms with Gasteiger partial charge in [-0.25, -0.2) is 4.79 Å². The standard InChI is InChI=1S/C13H16N2O4/c1-14-11(16)7-8-15(2)12(17)9-3-5-10(6-4-9)13(18)19/h3-6H,7-8H2,1-2H3,(H,14,16)(H,18,19). The van der Waals surface area contributed by atoms with Gasteiger partial charge in [0.05, 0.1) is 5.56 Å². The molecule has 0 heterocycles. The summed E-state index contributed by atoms with van der Waals surface area (Å²) < 4.78 is 0. The second kappa shape index (κ2) is 6.53. The first-order valence-electron chi connectivity index (χ1n) is 5.75. The first kappa shape index (κ1) is 14.7. The summed E-state index contributed by atoms with van der Waals surface area (Å²) >= 11 is 0. The largest absolute Gasteiger partial charge is 0.478 e. The maximum Gasteiger partial charge on any atom is 0.335 e. The molecule has 0 saturated carbocycles. The Balaban J connectivity index is 2.66. The number of hydrogen-bond donors (Lipinski definition) is 2. The van der Waals surface area contributed by atoms with Crippen molar-refractivity contribution in [2.45, 2.75) is 6.42 Å². The quantitative estimate of drug-likeness (QED) is 0.815. The van der Waals surface area contributed by atoms with Gasteiger partial charge in [-0.05, 0) is 24.3 Å². The Morgan fingerprint density at radius 1 is 1.16 bits per heavy atom. The Bertz CT molecular complexity index is 482. The minimum absolute atomic E-state index is 0.129. The number of nitrogens with one attached hydrogen (secondary N) is 1. The number of aromatic carboxylic acids is 1. The Hall–Kier alpha value is -2.37. The van der Waals surface area contributed by atoms with Crippen LogP contribution in [0.25, 0.3) is 0 Å². The molecule has 0 aliphatic carbocycles. The van der Waals surface area contributed by atoms with E-state index in [4.69, 9.17) is 5.11 Å². The molecule has 0 aromatic heterocycles. The SMILES string of the molecule is CNC(=O)CCN(C)C(=O)c1ccc(C(=O)O)cc1. The first-order valence-corrected chi connectivity index (χ1v) is 5.75. The highest BCUT2D eigenvalue weighted by molar-refractivity contribution is 5.96. The molecule has 19 heavy (non-hydrogen) atoms. The van der Waals surface area contributed by atoms with Gasteiger partial charge in [-0.1, -0.05) is 0 Å². The Kier molecular flexibility index (Phi) is 5.05. The van der Waals surface area contributed by atoms with E-state index in [1.54, 1.807) is 7.05 Å². The van der Waals surface area contributed by atoms with Crippen LogP contribution < -0.4 is 5.32 Å². The fourth-order valence-electron chi connectivity index (χ4n) is 1.47. The highest BCUT2D eigenvalue weighted by Gasteiger charge is 2.13. The molecule has 6 heteroatoms. The highest BCUT2D eigenvalue weighted by Crippen LogP contribution is 2.07. The number of nitrogens with zero attached hydrogens (tertiary/aromatic N) is 1. The summed E-state index contributed by atoms with van der Waals surface area (Å²) in [6.07, 6.45) is 0.228. The van der Waals surface area contributed by atoms with Crippen molar-refractivity contribution in [2.24, 2.45) is 0 Å². The van der Waals surface area contributed by atoms with Gasteiger partial charge in [0.2, 0.25) is 5.91 Å². The molecule has 0 atom stereocenters. The van der Waals surface area contributed by atoms with E-state index in [0.29, 0.717) is 12.1 Å². The number of amides is 2. The second-order valence-corrected chi connectivity index (χ2v) is 4.03. The van der Waals surface area contributed by atoms with Gasteiger partial charge >= 0.3 is 5.97 Å². The van der Waals surface area contributed by atoms with Gasteiger partial charge in [0, 0.05) is 32.6 Å². The Morgan fingerprint density at radius 2 is 1.68 bits per heavy atom. The lowest BCUT2D eigenvalue weighted by atomic mass is 10.1. The minimum Gasteiger partial charge on any atom is -0.478 e. The molecule has 0 saturated heterocycles. The van der Waals surface area contributed by atoms with Crippen LogP contribution in [0.15, 0.2) is 24.3 Å². The summed E-state index contributed by atoms with van der Waals surface area (Å²) in [6, 6.07) is 5.68. The molecule has 0 radical (unpaired) electrons. The van der Waals surface area contributed by atoms with E-state index in [-0.39, 0.29) is 23.8 Å². The molecule has 0 unspecified atom stereocenters. The van der Waals surface area contributed by atoms with Crippen molar-refractivity contribution in [1.29, 1.82) is 0 Å². The number of carbonyl (C=O) groups excluding carboxylic acids is 2. The van der Waals surface area contributed by atoms with Crippen molar-refractivity contribution in [3.63, 3.8) is 0 Å². The van der Waals surface area contributed by atoms with Gasteiger partial charge in [-0.2, -0.15) is 0 Å². The van der Waals surface area contributed by atoms with Crippen LogP contribution in [-0.2, 0) is 4.79 Å². The maximum absolute atomic E-state index is 12.0. The van der Waals surface area contributed by atoms with Crippen molar-refractivity contribution in [2.75, 3.05) is 20.6 Å². The predicted octanol–water partition coefficient (Wildman–Crippen LogP) is 0.593. The van der Waals surface area contributed by atoms with Crippen LogP contribution in [-0.4, -0.2) is 48.4 Å². The Labute approximate surface area is 111 Å². The molecule has 0 aliphatic heterocycles. The zero-order valence-electron chi connectivity index (χ0n) is 10.8. The summed E-state index contributed by atoms with van der Waals surface area (Å²) in [7, 11) is 3.13. The van der Waals surface area contributed by atoms with Gasteiger partial charge < -0.3 is 15.3 Å². The van der Waals surface area contributed by atoms with Gasteiger partial charge in [-0.3, -0.25) is 9.59 Å². The molecule has 1 rings (SSSR count). The van der Waals surface area contributed by atoms with Gasteiger partial charge in [-0.15, -0.1) is 0 Å². The van der Waals surface area contributed by atoms with Crippen molar-refractivity contribution >= 4 is 17.8 Å². The Morgan fingerprint density at radius 3 is 2.16 bits per heavy atom. The van der Waals surface area contributed by atoms with E-state index in [9.17, 15) is 14.4 Å². The lowest BCUT2D eigenvalue weighted by molar-refractivity contribution is -0.120. The maximum atomic E-state index is 12.0. The average Bonchev–Trinajstić information content (AvgIpc) is 2.43. The van der Waals surface area contributed by atoms with Crippen molar-refractivity contribution in [3.8, 4) is 0 Å². The molecule has 0 bridgehead atoms. The van der Waals surface area contributed by atoms with E-state index >= 15 is 0 Å². The van der Waals surface area contributed by atoms with E-state index in [1.165, 1.54) is 36.2 Å². The van der Waals surface area contributed by atoms with E-state index < -0.39 is 5.97 Å². The number of carboxylic acid groups (broad SMARTS) is 1. The monoisotopic (exact) mass is 264 g/mol. The summed E-state index contributed by atoms with van der Waals surface area (Å²) in [5.74, 6) is -1.42. The third-order valence-electron chi connectivity index (χ3n) is 2.68. The van der Waals surface area contributed by atoms with Crippen LogP contribution in [0.1, 0.15) is 27.1 Å². The molecular formula is C13H16N2O4. The van der Waals surface area contributed by atoms with Crippen LogP contribution in [0, 0.1) is 0 Å². The van der Waals surface area contributed by atoms with E-state index in [0.717, 1.165) is 0 Å². The molecule has 2 amide bonds. The third kappa shape index (κ3) is 4.09. The normalized spacial score (nSPS) is 9.79. The lowest BCUT2D eigenvalue weighted by Crippen LogP contribution is -2.31. The number of carbonyl (C=O) groups is 3. The zero-order valence-corrected chi connectivity index (χ0v) is 10.8. The molecular weight excluding hydrogens is 248 g/mol. The van der Waals surface area contributed by atoms with Crippen LogP contribution >= 0.6 is 0 Å². The summed E-state index contributed by atoms with van der Waals surface area (Å²) in [5, 5.41) is 11.2. The number of hydrogen-bond acceptors (Lipinski definition) is 3. The summed E-state index contributed by atoms with van der Waals surface area (Å²) in [6.45, 7) is 0.305. The van der Waals surface area contributed by atoms with Crippen LogP contribution in [0.4, 0.5) is 0 Å². The molecule has 102 valence electrons. The molecule has 0 spiro atoms. The van der Waals surface area contributed by atoms with Gasteiger partial charge in [0.25, 0.3) is 5.91 Å². The fraction of sp³-hybridized carbons (Fsp3) is 0.308. The lowest BCUT2D eigenvalue weighted by Gasteiger charge is -2.16. The molecule has 1 aromatic rings. The van der Waals surface area contributed by atoms with Crippen molar-refractivity contribution in [1.82, 2.24) is 10.2 Å². The minimum atomic E-state index is -1.04. The van der Waals surface area contributed by atoms with Crippen LogP contribution in [0.2, 0.25) is 0 Å². The van der Waals surface area contributed by atoms with Crippen molar-refractivity contribution in [3.05, 3.63) is 35.4 Å². The number of rotatable bonds is 5. The molecule has 6 nitrogen and oxygen atoms in total. The smallest absolute Gasteiger partial charge is 0.335 e. The average molecular weight is 264 g/mol. The first-order chi connectivity index (χ1) is 8.95. The van der Waals surface area contributed by atoms with Crippen molar-refractivity contribution < 1.29 is 19.5 Å². The topological polar surface area (TPSA) is 86.7 Å². The highest BCUT2D eigenvalue weighted by atomic mass is 16.4. The zero-order chi connectivity index (χ0) is 14.4. The van der Waals surface area contributed by atoms with E-state index in [2.05, 4.69) is 5.32 Å². The molecule has 0 aliphatic rings. The number of benzene rings is 1. The van der Waals surface area contributed by atoms with Gasteiger partial charge in [0.1, 0.15) is 0 Å². The molecule has 0 fully saturated rings. The summed E-state index contributed by atoms with van der Waals surface area (Å²) in [4.78, 5) is 35.2. The number of carboxylic acids is 1. The third-order valence-corrected chi connectivity index (χ3v) is 2.68. The van der Waals surface area contributed by atoms with Crippen LogP contribution in [0.3, 0.4) is 0 Å². The molecule has 1 aromatic carbocycles. The van der Waals surface area contributed by atoms with Gasteiger partial charge in [0.15, 0.2) is 0 Å². The van der Waals surface area contributed by atoms with E-state index in [1.807, 2.05) is 0 Å². The molecule has 2 N–H and O–H groups in total. The second-order valence-electron chi connectivity index (χ2n) is 4.03. The summed E-state index contributed by atoms with van der Waals surface area (Å²) in [5.41, 5.74) is 0.522. The predicted molar refractivity (Wildman–Crippen MR) is 69.0 cm³/mol. The fourth-order valence-corrected chi connectivity index (χ4v) is 1.47.